The molecule has 2 heterocycles. The molecule has 5 nitrogen and oxygen atoms in total. The van der Waals surface area contributed by atoms with Crippen molar-refractivity contribution in [1.29, 1.82) is 0 Å². The number of amides is 1. The smallest absolute Gasteiger partial charge is 0.227 e. The molecule has 0 bridgehead atoms. The number of rotatable bonds is 4. The maximum atomic E-state index is 14.1. The van der Waals surface area contributed by atoms with Gasteiger partial charge < -0.3 is 9.80 Å². The van der Waals surface area contributed by atoms with Crippen molar-refractivity contribution in [2.75, 3.05) is 31.1 Å². The van der Waals surface area contributed by atoms with Crippen molar-refractivity contribution in [3.63, 3.8) is 0 Å². The standard InChI is InChI=1S/C25H29FN4O/c1-17-9-10-21(15-18(17)2)30-20(4)22(19(3)27-30)16-25(31)29-13-11-28(12-14-29)24-8-6-5-7-23(24)26/h5-10,15H,11-14,16H2,1-4H3. The van der Waals surface area contributed by atoms with Crippen molar-refractivity contribution >= 4 is 11.6 Å². The number of anilines is 1. The third-order valence-electron chi connectivity index (χ3n) is 6.33. The van der Waals surface area contributed by atoms with Crippen LogP contribution in [0, 0.1) is 33.5 Å². The van der Waals surface area contributed by atoms with Crippen LogP contribution in [0.25, 0.3) is 5.69 Å². The number of benzene rings is 2. The van der Waals surface area contributed by atoms with Crippen LogP contribution in [0.3, 0.4) is 0 Å². The predicted octanol–water partition coefficient (Wildman–Crippen LogP) is 4.14. The zero-order valence-corrected chi connectivity index (χ0v) is 18.7. The van der Waals surface area contributed by atoms with E-state index in [0.717, 1.165) is 22.6 Å². The van der Waals surface area contributed by atoms with Gasteiger partial charge in [0, 0.05) is 37.4 Å². The first-order chi connectivity index (χ1) is 14.8. The number of aryl methyl sites for hydroxylation is 3. The molecule has 1 fully saturated rings. The number of para-hydroxylation sites is 1. The second-order valence-electron chi connectivity index (χ2n) is 8.33. The molecule has 1 aromatic heterocycles. The highest BCUT2D eigenvalue weighted by Crippen LogP contribution is 2.23. The van der Waals surface area contributed by atoms with E-state index in [0.29, 0.717) is 38.3 Å². The quantitative estimate of drug-likeness (QED) is 0.637. The van der Waals surface area contributed by atoms with Gasteiger partial charge in [-0.3, -0.25) is 4.79 Å². The molecule has 2 aromatic carbocycles. The molecule has 0 spiro atoms. The minimum atomic E-state index is -0.215. The fourth-order valence-electron chi connectivity index (χ4n) is 4.21. The monoisotopic (exact) mass is 420 g/mol. The van der Waals surface area contributed by atoms with Crippen LogP contribution in [-0.4, -0.2) is 46.8 Å². The van der Waals surface area contributed by atoms with Gasteiger partial charge in [0.15, 0.2) is 0 Å². The first kappa shape index (κ1) is 21.1. The molecule has 0 atom stereocenters. The maximum absolute atomic E-state index is 14.1. The highest BCUT2D eigenvalue weighted by molar-refractivity contribution is 5.79. The number of nitrogens with zero attached hydrogens (tertiary/aromatic N) is 4. The van der Waals surface area contributed by atoms with Crippen molar-refractivity contribution in [2.45, 2.75) is 34.1 Å². The lowest BCUT2D eigenvalue weighted by Gasteiger charge is -2.36. The summed E-state index contributed by atoms with van der Waals surface area (Å²) in [5.74, 6) is -0.119. The molecule has 162 valence electrons. The van der Waals surface area contributed by atoms with Gasteiger partial charge in [-0.25, -0.2) is 9.07 Å². The average molecular weight is 421 g/mol. The second kappa shape index (κ2) is 8.53. The van der Waals surface area contributed by atoms with Gasteiger partial charge in [0.2, 0.25) is 5.91 Å². The summed E-state index contributed by atoms with van der Waals surface area (Å²) >= 11 is 0. The molecule has 1 aliphatic rings. The minimum absolute atomic E-state index is 0.0963. The minimum Gasteiger partial charge on any atom is -0.366 e. The number of aromatic nitrogens is 2. The molecule has 3 aromatic rings. The Morgan fingerprint density at radius 3 is 2.35 bits per heavy atom. The van der Waals surface area contributed by atoms with Crippen LogP contribution in [-0.2, 0) is 11.2 Å². The Balaban J connectivity index is 1.45. The van der Waals surface area contributed by atoms with Gasteiger partial charge in [-0.05, 0) is 63.1 Å². The van der Waals surface area contributed by atoms with Crippen molar-refractivity contribution < 1.29 is 9.18 Å². The van der Waals surface area contributed by atoms with Crippen molar-refractivity contribution in [2.24, 2.45) is 0 Å². The number of hydrogen-bond acceptors (Lipinski definition) is 3. The normalized spacial score (nSPS) is 14.2. The fourth-order valence-corrected chi connectivity index (χ4v) is 4.21. The van der Waals surface area contributed by atoms with E-state index in [1.165, 1.54) is 17.2 Å². The summed E-state index contributed by atoms with van der Waals surface area (Å²) in [7, 11) is 0. The summed E-state index contributed by atoms with van der Waals surface area (Å²) in [6.07, 6.45) is 0.336. The molecular weight excluding hydrogens is 391 g/mol. The lowest BCUT2D eigenvalue weighted by Crippen LogP contribution is -2.49. The molecule has 0 unspecified atom stereocenters. The van der Waals surface area contributed by atoms with E-state index in [4.69, 9.17) is 5.10 Å². The number of piperazine rings is 1. The van der Waals surface area contributed by atoms with E-state index in [9.17, 15) is 9.18 Å². The van der Waals surface area contributed by atoms with E-state index in [2.05, 4.69) is 32.0 Å². The second-order valence-corrected chi connectivity index (χ2v) is 8.33. The molecule has 4 rings (SSSR count). The summed E-state index contributed by atoms with van der Waals surface area (Å²) in [6.45, 7) is 10.6. The Labute approximate surface area is 183 Å². The van der Waals surface area contributed by atoms with Crippen molar-refractivity contribution in [3.8, 4) is 5.69 Å². The molecule has 6 heteroatoms. The molecule has 0 radical (unpaired) electrons. The van der Waals surface area contributed by atoms with Crippen LogP contribution in [0.1, 0.15) is 28.1 Å². The lowest BCUT2D eigenvalue weighted by atomic mass is 10.1. The van der Waals surface area contributed by atoms with E-state index < -0.39 is 0 Å². The molecule has 1 aliphatic heterocycles. The van der Waals surface area contributed by atoms with Gasteiger partial charge in [0.1, 0.15) is 5.82 Å². The third-order valence-corrected chi connectivity index (χ3v) is 6.33. The topological polar surface area (TPSA) is 41.4 Å². The number of halogens is 1. The molecule has 0 N–H and O–H groups in total. The summed E-state index contributed by atoms with van der Waals surface area (Å²) in [5.41, 5.74) is 6.95. The van der Waals surface area contributed by atoms with Gasteiger partial charge in [-0.15, -0.1) is 0 Å². The van der Waals surface area contributed by atoms with Crippen LogP contribution in [0.15, 0.2) is 42.5 Å². The molecule has 31 heavy (non-hydrogen) atoms. The predicted molar refractivity (Wildman–Crippen MR) is 121 cm³/mol. The fraction of sp³-hybridized carbons (Fsp3) is 0.360. The average Bonchev–Trinajstić information content (AvgIpc) is 3.04. The first-order valence-corrected chi connectivity index (χ1v) is 10.7. The van der Waals surface area contributed by atoms with Crippen molar-refractivity contribution in [1.82, 2.24) is 14.7 Å². The van der Waals surface area contributed by atoms with Gasteiger partial charge >= 0.3 is 0 Å². The van der Waals surface area contributed by atoms with Crippen LogP contribution in [0.2, 0.25) is 0 Å². The van der Waals surface area contributed by atoms with Crippen molar-refractivity contribution in [3.05, 3.63) is 76.4 Å². The van der Waals surface area contributed by atoms with E-state index >= 15 is 0 Å². The Morgan fingerprint density at radius 2 is 1.68 bits per heavy atom. The van der Waals surface area contributed by atoms with Crippen LogP contribution in [0.4, 0.5) is 10.1 Å². The molecule has 0 saturated carbocycles. The maximum Gasteiger partial charge on any atom is 0.227 e. The largest absolute Gasteiger partial charge is 0.366 e. The Kier molecular flexibility index (Phi) is 5.81. The Bertz CT molecular complexity index is 1110. The summed E-state index contributed by atoms with van der Waals surface area (Å²) in [5, 5.41) is 4.71. The number of carbonyl (C=O) groups excluding carboxylic acids is 1. The first-order valence-electron chi connectivity index (χ1n) is 10.7. The zero-order chi connectivity index (χ0) is 22.1. The van der Waals surface area contributed by atoms with Crippen LogP contribution < -0.4 is 4.90 Å². The van der Waals surface area contributed by atoms with E-state index in [1.54, 1.807) is 12.1 Å². The van der Waals surface area contributed by atoms with E-state index in [1.807, 2.05) is 34.4 Å². The number of carbonyl (C=O) groups is 1. The van der Waals surface area contributed by atoms with E-state index in [-0.39, 0.29) is 11.7 Å². The van der Waals surface area contributed by atoms with Gasteiger partial charge in [-0.2, -0.15) is 5.10 Å². The molecular formula is C25H29FN4O. The summed E-state index contributed by atoms with van der Waals surface area (Å²) in [4.78, 5) is 16.9. The molecule has 0 aliphatic carbocycles. The molecule has 1 saturated heterocycles. The van der Waals surface area contributed by atoms with Gasteiger partial charge in [0.05, 0.1) is 23.5 Å². The Morgan fingerprint density at radius 1 is 0.968 bits per heavy atom. The van der Waals surface area contributed by atoms with Gasteiger partial charge in [0.25, 0.3) is 0 Å². The highest BCUT2D eigenvalue weighted by Gasteiger charge is 2.25. The summed E-state index contributed by atoms with van der Waals surface area (Å²) < 4.78 is 16.0. The Hall–Kier alpha value is -3.15. The zero-order valence-electron chi connectivity index (χ0n) is 18.7. The highest BCUT2D eigenvalue weighted by atomic mass is 19.1. The SMILES string of the molecule is Cc1ccc(-n2nc(C)c(CC(=O)N3CCN(c4ccccc4F)CC3)c2C)cc1C. The summed E-state index contributed by atoms with van der Waals surface area (Å²) in [6, 6.07) is 13.1. The van der Waals surface area contributed by atoms with Gasteiger partial charge in [-0.1, -0.05) is 18.2 Å². The molecule has 1 amide bonds. The lowest BCUT2D eigenvalue weighted by molar-refractivity contribution is -0.130. The third kappa shape index (κ3) is 4.20. The van der Waals surface area contributed by atoms with Crippen LogP contribution >= 0.6 is 0 Å². The number of hydrogen-bond donors (Lipinski definition) is 0. The van der Waals surface area contributed by atoms with Crippen LogP contribution in [0.5, 0.6) is 0 Å².